The lowest BCUT2D eigenvalue weighted by Gasteiger charge is -2.29. The molecule has 17 heavy (non-hydrogen) atoms. The van der Waals surface area contributed by atoms with Crippen LogP contribution in [0.1, 0.15) is 12.0 Å². The second kappa shape index (κ2) is 4.88. The Labute approximate surface area is 102 Å². The summed E-state index contributed by atoms with van der Waals surface area (Å²) in [5.74, 6) is 2.43. The molecule has 1 fully saturated rings. The molecule has 90 valence electrons. The van der Waals surface area contributed by atoms with Gasteiger partial charge in [-0.3, -0.25) is 0 Å². The number of nitrogens with zero attached hydrogens (tertiary/aromatic N) is 1. The van der Waals surface area contributed by atoms with Crippen LogP contribution in [0.15, 0.2) is 30.3 Å². The topological polar surface area (TPSA) is 49.4 Å². The fourth-order valence-corrected chi connectivity index (χ4v) is 3.13. The van der Waals surface area contributed by atoms with E-state index >= 15 is 0 Å². The Balaban J connectivity index is 2.11. The van der Waals surface area contributed by atoms with E-state index in [-0.39, 0.29) is 6.04 Å². The van der Waals surface area contributed by atoms with E-state index in [2.05, 4.69) is 10.6 Å². The summed E-state index contributed by atoms with van der Waals surface area (Å²) in [5, 5.41) is 0. The first-order chi connectivity index (χ1) is 8.12. The minimum Gasteiger partial charge on any atom is -0.195 e. The highest BCUT2D eigenvalue weighted by molar-refractivity contribution is 7.87. The largest absolute Gasteiger partial charge is 0.280 e. The molecule has 4 nitrogen and oxygen atoms in total. The smallest absolute Gasteiger partial charge is 0.195 e. The van der Waals surface area contributed by atoms with Crippen LogP contribution < -0.4 is 4.72 Å². The number of hydrogen-bond acceptors (Lipinski definition) is 2. The molecule has 1 aliphatic rings. The van der Waals surface area contributed by atoms with E-state index in [1.54, 1.807) is 0 Å². The molecule has 0 aromatic heterocycles. The summed E-state index contributed by atoms with van der Waals surface area (Å²) in [7, 11) is -3.44. The number of nitrogens with one attached hydrogen (secondary N) is 1. The van der Waals surface area contributed by atoms with Crippen LogP contribution in [-0.4, -0.2) is 25.3 Å². The molecule has 1 heterocycles. The van der Waals surface area contributed by atoms with E-state index < -0.39 is 10.2 Å². The SMILES string of the molecule is C#C[C@H]1CCN(Cc2ccccc2)S(=O)(=O)N1. The van der Waals surface area contributed by atoms with Gasteiger partial charge in [0.2, 0.25) is 0 Å². The predicted octanol–water partition coefficient (Wildman–Crippen LogP) is 0.728. The van der Waals surface area contributed by atoms with Gasteiger partial charge in [0.25, 0.3) is 10.2 Å². The summed E-state index contributed by atoms with van der Waals surface area (Å²) in [5.41, 5.74) is 0.969. The number of terminal acetylenes is 1. The third-order valence-corrected chi connectivity index (χ3v) is 4.28. The van der Waals surface area contributed by atoms with Crippen LogP contribution in [0.4, 0.5) is 0 Å². The monoisotopic (exact) mass is 250 g/mol. The Morgan fingerprint density at radius 3 is 2.71 bits per heavy atom. The summed E-state index contributed by atoms with van der Waals surface area (Å²) in [6.45, 7) is 0.840. The number of hydrogen-bond donors (Lipinski definition) is 1. The molecule has 0 bridgehead atoms. The summed E-state index contributed by atoms with van der Waals surface area (Å²) >= 11 is 0. The molecule has 0 radical (unpaired) electrons. The molecule has 0 unspecified atom stereocenters. The Hall–Kier alpha value is -1.35. The van der Waals surface area contributed by atoms with Crippen molar-refractivity contribution < 1.29 is 8.42 Å². The van der Waals surface area contributed by atoms with Crippen molar-refractivity contribution in [2.45, 2.75) is 19.0 Å². The van der Waals surface area contributed by atoms with E-state index in [4.69, 9.17) is 6.42 Å². The van der Waals surface area contributed by atoms with Crippen LogP contribution in [0, 0.1) is 12.3 Å². The van der Waals surface area contributed by atoms with Crippen molar-refractivity contribution in [3.8, 4) is 12.3 Å². The minimum absolute atomic E-state index is 0.382. The molecule has 1 N–H and O–H groups in total. The Kier molecular flexibility index (Phi) is 3.48. The maximum absolute atomic E-state index is 11.9. The van der Waals surface area contributed by atoms with Gasteiger partial charge in [-0.2, -0.15) is 17.4 Å². The first-order valence-corrected chi connectivity index (χ1v) is 6.83. The van der Waals surface area contributed by atoms with E-state index in [9.17, 15) is 8.42 Å². The van der Waals surface area contributed by atoms with E-state index in [1.807, 2.05) is 30.3 Å². The molecule has 0 saturated carbocycles. The average Bonchev–Trinajstić information content (AvgIpc) is 2.33. The highest BCUT2D eigenvalue weighted by Gasteiger charge is 2.30. The van der Waals surface area contributed by atoms with Crippen molar-refractivity contribution in [3.05, 3.63) is 35.9 Å². The van der Waals surface area contributed by atoms with Gasteiger partial charge in [0.05, 0.1) is 6.04 Å². The van der Waals surface area contributed by atoms with Crippen LogP contribution in [0.3, 0.4) is 0 Å². The minimum atomic E-state index is -3.44. The summed E-state index contributed by atoms with van der Waals surface area (Å²) < 4.78 is 27.6. The summed E-state index contributed by atoms with van der Waals surface area (Å²) in [6.07, 6.45) is 5.87. The number of benzene rings is 1. The number of rotatable bonds is 2. The second-order valence-electron chi connectivity index (χ2n) is 3.95. The lowest BCUT2D eigenvalue weighted by atomic mass is 10.2. The highest BCUT2D eigenvalue weighted by Crippen LogP contribution is 2.14. The normalized spacial score (nSPS) is 24.1. The standard InChI is InChI=1S/C12H14N2O2S/c1-2-12-8-9-14(17(15,16)13-12)10-11-6-4-3-5-7-11/h1,3-7,12-13H,8-10H2/t12-/m0/s1. The van der Waals surface area contributed by atoms with E-state index in [1.165, 1.54) is 4.31 Å². The first kappa shape index (κ1) is 12.1. The molecule has 5 heteroatoms. The zero-order chi connectivity index (χ0) is 12.3. The van der Waals surface area contributed by atoms with Crippen LogP contribution in [-0.2, 0) is 16.8 Å². The Bertz CT molecular complexity index is 519. The van der Waals surface area contributed by atoms with Gasteiger partial charge >= 0.3 is 0 Å². The van der Waals surface area contributed by atoms with Gasteiger partial charge in [0.1, 0.15) is 0 Å². The first-order valence-electron chi connectivity index (χ1n) is 5.39. The molecule has 0 amide bonds. The summed E-state index contributed by atoms with van der Waals surface area (Å²) in [6, 6.07) is 9.12. The van der Waals surface area contributed by atoms with Gasteiger partial charge < -0.3 is 0 Å². The second-order valence-corrected chi connectivity index (χ2v) is 5.65. The van der Waals surface area contributed by atoms with Gasteiger partial charge in [0.15, 0.2) is 0 Å². The van der Waals surface area contributed by atoms with Crippen LogP contribution in [0.5, 0.6) is 0 Å². The molecule has 1 atom stereocenters. The highest BCUT2D eigenvalue weighted by atomic mass is 32.2. The molecule has 1 aromatic carbocycles. The van der Waals surface area contributed by atoms with Gasteiger partial charge in [-0.15, -0.1) is 6.42 Å². The molecule has 1 aromatic rings. The van der Waals surface area contributed by atoms with E-state index in [0.29, 0.717) is 19.5 Å². The van der Waals surface area contributed by atoms with Crippen LogP contribution in [0.2, 0.25) is 0 Å². The molecule has 2 rings (SSSR count). The van der Waals surface area contributed by atoms with Crippen molar-refractivity contribution in [1.82, 2.24) is 9.03 Å². The maximum atomic E-state index is 11.9. The van der Waals surface area contributed by atoms with Crippen molar-refractivity contribution in [2.24, 2.45) is 0 Å². The fourth-order valence-electron chi connectivity index (χ4n) is 1.77. The fraction of sp³-hybridized carbons (Fsp3) is 0.333. The lowest BCUT2D eigenvalue weighted by molar-refractivity contribution is 0.354. The molecule has 1 aliphatic heterocycles. The zero-order valence-electron chi connectivity index (χ0n) is 9.33. The van der Waals surface area contributed by atoms with E-state index in [0.717, 1.165) is 5.56 Å². The summed E-state index contributed by atoms with van der Waals surface area (Å²) in [4.78, 5) is 0. The average molecular weight is 250 g/mol. The van der Waals surface area contributed by atoms with Gasteiger partial charge in [0, 0.05) is 13.1 Å². The maximum Gasteiger partial charge on any atom is 0.280 e. The van der Waals surface area contributed by atoms with Crippen molar-refractivity contribution in [1.29, 1.82) is 0 Å². The Morgan fingerprint density at radius 1 is 1.41 bits per heavy atom. The zero-order valence-corrected chi connectivity index (χ0v) is 10.2. The molecule has 1 saturated heterocycles. The van der Waals surface area contributed by atoms with Crippen molar-refractivity contribution in [3.63, 3.8) is 0 Å². The van der Waals surface area contributed by atoms with Gasteiger partial charge in [-0.25, -0.2) is 0 Å². The third-order valence-electron chi connectivity index (χ3n) is 2.70. The third kappa shape index (κ3) is 2.86. The lowest BCUT2D eigenvalue weighted by Crippen LogP contribution is -2.51. The van der Waals surface area contributed by atoms with Crippen molar-refractivity contribution >= 4 is 10.2 Å². The van der Waals surface area contributed by atoms with Crippen LogP contribution in [0.25, 0.3) is 0 Å². The molecule has 0 aliphatic carbocycles. The van der Waals surface area contributed by atoms with Gasteiger partial charge in [-0.1, -0.05) is 36.3 Å². The predicted molar refractivity (Wildman–Crippen MR) is 66.1 cm³/mol. The van der Waals surface area contributed by atoms with Crippen molar-refractivity contribution in [2.75, 3.05) is 6.54 Å². The molecular weight excluding hydrogens is 236 g/mol. The van der Waals surface area contributed by atoms with Gasteiger partial charge in [-0.05, 0) is 12.0 Å². The molecule has 0 spiro atoms. The Morgan fingerprint density at radius 2 is 2.12 bits per heavy atom. The quantitative estimate of drug-likeness (QED) is 0.787. The van der Waals surface area contributed by atoms with Crippen LogP contribution >= 0.6 is 0 Å². The molecular formula is C12H14N2O2S.